The first-order valence-corrected chi connectivity index (χ1v) is 17.3. The lowest BCUT2D eigenvalue weighted by Gasteiger charge is -2.23. The molecule has 0 aromatic heterocycles. The molecule has 10 rings (SSSR count). The Bertz CT molecular complexity index is 2740. The molecule has 0 saturated carbocycles. The second kappa shape index (κ2) is 10.5. The van der Waals surface area contributed by atoms with Gasteiger partial charge in [0.25, 0.3) is 0 Å². The van der Waals surface area contributed by atoms with Crippen molar-refractivity contribution in [1.82, 2.24) is 0 Å². The first kappa shape index (κ1) is 28.1. The van der Waals surface area contributed by atoms with Gasteiger partial charge < -0.3 is 0 Å². The molecule has 1 aliphatic carbocycles. The van der Waals surface area contributed by atoms with Gasteiger partial charge >= 0.3 is 0 Å². The van der Waals surface area contributed by atoms with E-state index < -0.39 is 0 Å². The van der Waals surface area contributed by atoms with Gasteiger partial charge in [0.15, 0.2) is 0 Å². The van der Waals surface area contributed by atoms with Crippen molar-refractivity contribution in [2.75, 3.05) is 0 Å². The smallest absolute Gasteiger partial charge is 0.0159 e. The number of hydrogen-bond donors (Lipinski definition) is 0. The highest BCUT2D eigenvalue weighted by Crippen LogP contribution is 2.53. The molecule has 9 aromatic carbocycles. The number of fused-ring (bicyclic) bond motifs is 8. The Morgan fingerprint density at radius 3 is 1.51 bits per heavy atom. The standard InChI is InChI=1S/C49H34/c1-49(2)44-27-25-32-13-5-6-17-38(32)48(44)43-26-24-37(30-45(43)49)47-41-20-9-7-18-39(41)46(40-19-8-10-21-42(40)47)36-16-11-15-34(29-36)35-23-22-31-12-3-4-14-33(31)28-35/h3-30H,1-2H3. The van der Waals surface area contributed by atoms with Crippen LogP contribution in [0.3, 0.4) is 0 Å². The zero-order valence-electron chi connectivity index (χ0n) is 27.7. The fourth-order valence-electron chi connectivity index (χ4n) is 8.64. The van der Waals surface area contributed by atoms with E-state index in [9.17, 15) is 0 Å². The van der Waals surface area contributed by atoms with Gasteiger partial charge in [0.1, 0.15) is 0 Å². The highest BCUT2D eigenvalue weighted by Gasteiger charge is 2.36. The first-order valence-electron chi connectivity index (χ1n) is 17.3. The van der Waals surface area contributed by atoms with Gasteiger partial charge in [0.05, 0.1) is 0 Å². The van der Waals surface area contributed by atoms with Crippen LogP contribution in [0.15, 0.2) is 170 Å². The van der Waals surface area contributed by atoms with Crippen LogP contribution in [0.2, 0.25) is 0 Å². The lowest BCUT2D eigenvalue weighted by atomic mass is 9.80. The van der Waals surface area contributed by atoms with Gasteiger partial charge in [-0.3, -0.25) is 0 Å². The van der Waals surface area contributed by atoms with E-state index in [1.54, 1.807) is 0 Å². The molecule has 0 bridgehead atoms. The largest absolute Gasteiger partial charge is 0.0616 e. The van der Waals surface area contributed by atoms with Crippen LogP contribution in [0.25, 0.3) is 87.6 Å². The third-order valence-electron chi connectivity index (χ3n) is 11.0. The van der Waals surface area contributed by atoms with Crippen molar-refractivity contribution in [2.24, 2.45) is 0 Å². The van der Waals surface area contributed by atoms with Crippen molar-refractivity contribution in [3.05, 3.63) is 181 Å². The van der Waals surface area contributed by atoms with Crippen molar-refractivity contribution < 1.29 is 0 Å². The molecule has 0 heterocycles. The Morgan fingerprint density at radius 2 is 0.816 bits per heavy atom. The van der Waals surface area contributed by atoms with E-state index >= 15 is 0 Å². The minimum Gasteiger partial charge on any atom is -0.0616 e. The predicted molar refractivity (Wildman–Crippen MR) is 210 cm³/mol. The van der Waals surface area contributed by atoms with Crippen LogP contribution in [0.5, 0.6) is 0 Å². The van der Waals surface area contributed by atoms with Gasteiger partial charge in [-0.15, -0.1) is 0 Å². The van der Waals surface area contributed by atoms with Crippen molar-refractivity contribution in [2.45, 2.75) is 19.3 Å². The normalized spacial score (nSPS) is 13.3. The van der Waals surface area contributed by atoms with Crippen LogP contribution in [-0.4, -0.2) is 0 Å². The molecular formula is C49H34. The molecule has 9 aromatic rings. The lowest BCUT2D eigenvalue weighted by Crippen LogP contribution is -2.15. The molecule has 0 atom stereocenters. The van der Waals surface area contributed by atoms with Crippen LogP contribution >= 0.6 is 0 Å². The Hall–Kier alpha value is -5.98. The quantitative estimate of drug-likeness (QED) is 0.172. The fourth-order valence-corrected chi connectivity index (χ4v) is 8.64. The first-order chi connectivity index (χ1) is 24.1. The Balaban J connectivity index is 1.19. The minimum absolute atomic E-state index is 0.0978. The van der Waals surface area contributed by atoms with Crippen LogP contribution in [0.1, 0.15) is 25.0 Å². The minimum atomic E-state index is -0.0978. The topological polar surface area (TPSA) is 0 Å². The monoisotopic (exact) mass is 622 g/mol. The second-order valence-corrected chi connectivity index (χ2v) is 14.1. The van der Waals surface area contributed by atoms with Crippen molar-refractivity contribution >= 4 is 43.1 Å². The maximum atomic E-state index is 2.48. The highest BCUT2D eigenvalue weighted by atomic mass is 14.4. The van der Waals surface area contributed by atoms with Gasteiger partial charge in [-0.2, -0.15) is 0 Å². The van der Waals surface area contributed by atoms with Gasteiger partial charge in [0, 0.05) is 5.41 Å². The van der Waals surface area contributed by atoms with E-state index in [0.29, 0.717) is 0 Å². The molecule has 230 valence electrons. The molecule has 0 saturated heterocycles. The molecule has 0 unspecified atom stereocenters. The summed E-state index contributed by atoms with van der Waals surface area (Å²) in [6, 6.07) is 63.2. The summed E-state index contributed by atoms with van der Waals surface area (Å²) >= 11 is 0. The fraction of sp³-hybridized carbons (Fsp3) is 0.0612. The highest BCUT2D eigenvalue weighted by molar-refractivity contribution is 6.21. The molecule has 0 nitrogen and oxygen atoms in total. The summed E-state index contributed by atoms with van der Waals surface area (Å²) in [5.74, 6) is 0. The Labute approximate surface area is 286 Å². The van der Waals surface area contributed by atoms with Crippen LogP contribution < -0.4 is 0 Å². The van der Waals surface area contributed by atoms with Crippen LogP contribution in [0, 0.1) is 0 Å². The summed E-state index contributed by atoms with van der Waals surface area (Å²) in [6.07, 6.45) is 0. The maximum Gasteiger partial charge on any atom is 0.0159 e. The van der Waals surface area contributed by atoms with Crippen LogP contribution in [0.4, 0.5) is 0 Å². The summed E-state index contributed by atoms with van der Waals surface area (Å²) in [6.45, 7) is 4.77. The summed E-state index contributed by atoms with van der Waals surface area (Å²) in [7, 11) is 0. The van der Waals surface area contributed by atoms with Gasteiger partial charge in [-0.05, 0) is 117 Å². The van der Waals surface area contributed by atoms with E-state index in [-0.39, 0.29) is 5.41 Å². The summed E-state index contributed by atoms with van der Waals surface area (Å²) in [4.78, 5) is 0. The van der Waals surface area contributed by atoms with Crippen LogP contribution in [-0.2, 0) is 5.41 Å². The maximum absolute atomic E-state index is 2.48. The zero-order chi connectivity index (χ0) is 32.7. The molecule has 0 spiro atoms. The number of hydrogen-bond acceptors (Lipinski definition) is 0. The molecule has 1 aliphatic rings. The Kier molecular flexibility index (Phi) is 6.02. The van der Waals surface area contributed by atoms with E-state index in [2.05, 4.69) is 184 Å². The predicted octanol–water partition coefficient (Wildman–Crippen LogP) is 13.6. The molecule has 0 heteroatoms. The SMILES string of the molecule is CC1(C)c2cc(-c3c4ccccc4c(-c4cccc(-c5ccc6ccccc6c5)c4)c4ccccc34)ccc2-c2c1ccc1ccccc21. The third kappa shape index (κ3) is 4.17. The average molecular weight is 623 g/mol. The van der Waals surface area contributed by atoms with Gasteiger partial charge in [-0.1, -0.05) is 166 Å². The molecule has 0 N–H and O–H groups in total. The number of benzene rings is 9. The van der Waals surface area contributed by atoms with E-state index in [0.717, 1.165) is 0 Å². The average Bonchev–Trinajstić information content (AvgIpc) is 3.39. The molecule has 49 heavy (non-hydrogen) atoms. The van der Waals surface area contributed by atoms with Gasteiger partial charge in [-0.25, -0.2) is 0 Å². The molecule has 0 aliphatic heterocycles. The second-order valence-electron chi connectivity index (χ2n) is 14.1. The summed E-state index contributed by atoms with van der Waals surface area (Å²) < 4.78 is 0. The van der Waals surface area contributed by atoms with Crippen molar-refractivity contribution in [3.63, 3.8) is 0 Å². The summed E-state index contributed by atoms with van der Waals surface area (Å²) in [5, 5.41) is 10.3. The summed E-state index contributed by atoms with van der Waals surface area (Å²) in [5.41, 5.74) is 13.0. The molecular weight excluding hydrogens is 589 g/mol. The number of rotatable bonds is 3. The van der Waals surface area contributed by atoms with Gasteiger partial charge in [0.2, 0.25) is 0 Å². The van der Waals surface area contributed by atoms with E-state index in [1.165, 1.54) is 98.7 Å². The van der Waals surface area contributed by atoms with E-state index in [4.69, 9.17) is 0 Å². The molecule has 0 radical (unpaired) electrons. The lowest BCUT2D eigenvalue weighted by molar-refractivity contribution is 0.661. The Morgan fingerprint density at radius 1 is 0.306 bits per heavy atom. The van der Waals surface area contributed by atoms with Crippen molar-refractivity contribution in [1.29, 1.82) is 0 Å². The molecule has 0 amide bonds. The zero-order valence-corrected chi connectivity index (χ0v) is 27.7. The molecule has 0 fully saturated rings. The third-order valence-corrected chi connectivity index (χ3v) is 11.0. The van der Waals surface area contributed by atoms with Crippen molar-refractivity contribution in [3.8, 4) is 44.5 Å². The van der Waals surface area contributed by atoms with E-state index in [1.807, 2.05) is 0 Å².